The molecule has 2 aromatic rings. The lowest BCUT2D eigenvalue weighted by atomic mass is 10.0. The van der Waals surface area contributed by atoms with Gasteiger partial charge in [-0.05, 0) is 50.3 Å². The van der Waals surface area contributed by atoms with Crippen molar-refractivity contribution in [3.8, 4) is 6.01 Å². The van der Waals surface area contributed by atoms with Crippen LogP contribution >= 0.6 is 0 Å². The fraction of sp³-hybridized carbons (Fsp3) is 0.560. The first kappa shape index (κ1) is 24.6. The van der Waals surface area contributed by atoms with Gasteiger partial charge in [-0.15, -0.1) is 0 Å². The number of nitrogens with zero attached hydrogens (tertiary/aromatic N) is 3. The maximum Gasteiger partial charge on any atom is 0.316 e. The minimum atomic E-state index is 0.381. The van der Waals surface area contributed by atoms with Crippen LogP contribution in [-0.2, 0) is 11.2 Å². The van der Waals surface area contributed by atoms with Crippen LogP contribution < -0.4 is 15.0 Å². The van der Waals surface area contributed by atoms with Crippen molar-refractivity contribution in [2.45, 2.75) is 78.7 Å². The Kier molecular flexibility index (Phi) is 10.8. The molecule has 1 aromatic heterocycles. The summed E-state index contributed by atoms with van der Waals surface area (Å²) in [5, 5.41) is 3.53. The highest BCUT2D eigenvalue weighted by Gasteiger charge is 2.20. The monoisotopic (exact) mass is 426 g/mol. The van der Waals surface area contributed by atoms with Gasteiger partial charge in [0, 0.05) is 19.0 Å². The zero-order valence-electron chi connectivity index (χ0n) is 19.6. The van der Waals surface area contributed by atoms with Gasteiger partial charge in [-0.2, -0.15) is 0 Å². The average molecular weight is 427 g/mol. The molecule has 6 nitrogen and oxygen atoms in total. The molecule has 0 radical (unpaired) electrons. The lowest BCUT2D eigenvalue weighted by molar-refractivity contribution is -0.107. The van der Waals surface area contributed by atoms with Crippen LogP contribution in [0, 0.1) is 0 Å². The Morgan fingerprint density at radius 3 is 2.35 bits per heavy atom. The smallest absolute Gasteiger partial charge is 0.316 e. The van der Waals surface area contributed by atoms with Gasteiger partial charge in [-0.1, -0.05) is 39.7 Å². The SMILES string of the molecule is CCCC(CCC)N(CCC)c1ccc(CCC=O)cc1Nc1cnc(OCC)nc1. The number of ether oxygens (including phenoxy) is 1. The second kappa shape index (κ2) is 13.6. The highest BCUT2D eigenvalue weighted by atomic mass is 16.5. The van der Waals surface area contributed by atoms with Crippen molar-refractivity contribution in [3.05, 3.63) is 36.2 Å². The number of carbonyl (C=O) groups excluding carboxylic acids is 1. The molecule has 1 aromatic carbocycles. The molecule has 0 saturated heterocycles. The van der Waals surface area contributed by atoms with E-state index in [2.05, 4.69) is 59.2 Å². The molecule has 0 fully saturated rings. The van der Waals surface area contributed by atoms with E-state index in [4.69, 9.17) is 4.74 Å². The Morgan fingerprint density at radius 1 is 1.06 bits per heavy atom. The summed E-state index contributed by atoms with van der Waals surface area (Å²) in [4.78, 5) is 22.0. The van der Waals surface area contributed by atoms with Gasteiger partial charge in [0.2, 0.25) is 0 Å². The highest BCUT2D eigenvalue weighted by molar-refractivity contribution is 5.76. The topological polar surface area (TPSA) is 67.4 Å². The molecular weight excluding hydrogens is 388 g/mol. The van der Waals surface area contributed by atoms with Gasteiger partial charge in [0.1, 0.15) is 6.29 Å². The molecule has 1 heterocycles. The maximum absolute atomic E-state index is 10.9. The Labute approximate surface area is 187 Å². The molecule has 1 N–H and O–H groups in total. The quantitative estimate of drug-likeness (QED) is 0.356. The van der Waals surface area contributed by atoms with Crippen LogP contribution in [0.2, 0.25) is 0 Å². The summed E-state index contributed by atoms with van der Waals surface area (Å²) in [5.41, 5.74) is 4.18. The number of hydrogen-bond donors (Lipinski definition) is 1. The van der Waals surface area contributed by atoms with Gasteiger partial charge < -0.3 is 19.7 Å². The van der Waals surface area contributed by atoms with Crippen LogP contribution in [0.5, 0.6) is 6.01 Å². The number of aromatic nitrogens is 2. The second-order valence-electron chi connectivity index (χ2n) is 7.79. The third kappa shape index (κ3) is 7.53. The molecule has 0 unspecified atom stereocenters. The van der Waals surface area contributed by atoms with E-state index in [9.17, 15) is 4.79 Å². The number of benzene rings is 1. The van der Waals surface area contributed by atoms with Crippen molar-refractivity contribution in [2.75, 3.05) is 23.4 Å². The number of nitrogens with one attached hydrogen (secondary N) is 1. The zero-order chi connectivity index (χ0) is 22.5. The molecule has 31 heavy (non-hydrogen) atoms. The maximum atomic E-state index is 10.9. The first-order chi connectivity index (χ1) is 15.2. The molecule has 0 spiro atoms. The molecule has 0 amide bonds. The summed E-state index contributed by atoms with van der Waals surface area (Å²) in [6.07, 6.45) is 11.5. The van der Waals surface area contributed by atoms with E-state index in [1.807, 2.05) is 6.92 Å². The summed E-state index contributed by atoms with van der Waals surface area (Å²) in [6.45, 7) is 10.2. The first-order valence-electron chi connectivity index (χ1n) is 11.7. The summed E-state index contributed by atoms with van der Waals surface area (Å²) in [6, 6.07) is 7.40. The van der Waals surface area contributed by atoms with Crippen molar-refractivity contribution in [2.24, 2.45) is 0 Å². The molecule has 0 aliphatic rings. The van der Waals surface area contributed by atoms with Gasteiger partial charge in [0.15, 0.2) is 0 Å². The lowest BCUT2D eigenvalue weighted by Crippen LogP contribution is -2.36. The molecule has 6 heteroatoms. The van der Waals surface area contributed by atoms with Crippen LogP contribution in [0.25, 0.3) is 0 Å². The van der Waals surface area contributed by atoms with E-state index >= 15 is 0 Å². The first-order valence-corrected chi connectivity index (χ1v) is 11.7. The zero-order valence-corrected chi connectivity index (χ0v) is 19.6. The van der Waals surface area contributed by atoms with Crippen molar-refractivity contribution < 1.29 is 9.53 Å². The van der Waals surface area contributed by atoms with E-state index in [0.29, 0.717) is 25.1 Å². The van der Waals surface area contributed by atoms with Crippen LogP contribution in [0.4, 0.5) is 17.1 Å². The normalized spacial score (nSPS) is 10.9. The third-order valence-corrected chi connectivity index (χ3v) is 5.25. The van der Waals surface area contributed by atoms with Crippen LogP contribution in [-0.4, -0.2) is 35.4 Å². The number of rotatable bonds is 15. The molecule has 0 aliphatic carbocycles. The summed E-state index contributed by atoms with van der Waals surface area (Å²) < 4.78 is 5.36. The van der Waals surface area contributed by atoms with Gasteiger partial charge >= 0.3 is 6.01 Å². The minimum Gasteiger partial charge on any atom is -0.464 e. The van der Waals surface area contributed by atoms with Gasteiger partial charge in [-0.3, -0.25) is 0 Å². The number of hydrogen-bond acceptors (Lipinski definition) is 6. The molecule has 0 bridgehead atoms. The Morgan fingerprint density at radius 2 is 1.77 bits per heavy atom. The van der Waals surface area contributed by atoms with Crippen LogP contribution in [0.1, 0.15) is 71.8 Å². The van der Waals surface area contributed by atoms with Crippen molar-refractivity contribution in [3.63, 3.8) is 0 Å². The number of carbonyl (C=O) groups is 1. The lowest BCUT2D eigenvalue weighted by Gasteiger charge is -2.35. The summed E-state index contributed by atoms with van der Waals surface area (Å²) in [5.74, 6) is 0. The summed E-state index contributed by atoms with van der Waals surface area (Å²) >= 11 is 0. The van der Waals surface area contributed by atoms with E-state index in [1.54, 1.807) is 12.4 Å². The van der Waals surface area contributed by atoms with Crippen molar-refractivity contribution in [1.82, 2.24) is 9.97 Å². The van der Waals surface area contributed by atoms with E-state index in [0.717, 1.165) is 55.5 Å². The van der Waals surface area contributed by atoms with Gasteiger partial charge in [0.25, 0.3) is 0 Å². The number of aldehydes is 1. The predicted molar refractivity (Wildman–Crippen MR) is 129 cm³/mol. The van der Waals surface area contributed by atoms with Gasteiger partial charge in [0.05, 0.1) is 36.1 Å². The van der Waals surface area contributed by atoms with E-state index in [-0.39, 0.29) is 0 Å². The van der Waals surface area contributed by atoms with Crippen LogP contribution in [0.3, 0.4) is 0 Å². The fourth-order valence-electron chi connectivity index (χ4n) is 3.92. The van der Waals surface area contributed by atoms with Gasteiger partial charge in [-0.25, -0.2) is 9.97 Å². The second-order valence-corrected chi connectivity index (χ2v) is 7.79. The van der Waals surface area contributed by atoms with Crippen molar-refractivity contribution >= 4 is 23.3 Å². The minimum absolute atomic E-state index is 0.381. The fourth-order valence-corrected chi connectivity index (χ4v) is 3.92. The molecule has 0 aliphatic heterocycles. The molecule has 0 atom stereocenters. The Hall–Kier alpha value is -2.63. The standard InChI is InChI=1S/C25H38N4O2/c1-5-10-22(11-6-2)29(15-7-3)24-14-13-20(12-9-16-30)17-23(24)28-21-18-26-25(27-19-21)31-8-4/h13-14,16-19,22,28H,5-12,15H2,1-4H3. The highest BCUT2D eigenvalue weighted by Crippen LogP contribution is 2.33. The molecule has 170 valence electrons. The molecule has 0 saturated carbocycles. The molecular formula is C25H38N4O2. The average Bonchev–Trinajstić information content (AvgIpc) is 2.78. The Balaban J connectivity index is 2.41. The van der Waals surface area contributed by atoms with Crippen LogP contribution in [0.15, 0.2) is 30.6 Å². The predicted octanol–water partition coefficient (Wildman–Crippen LogP) is 5.94. The number of aryl methyl sites for hydroxylation is 1. The number of anilines is 3. The third-order valence-electron chi connectivity index (χ3n) is 5.25. The summed E-state index contributed by atoms with van der Waals surface area (Å²) in [7, 11) is 0. The molecule has 2 rings (SSSR count). The van der Waals surface area contributed by atoms with Crippen molar-refractivity contribution in [1.29, 1.82) is 0 Å². The van der Waals surface area contributed by atoms with E-state index < -0.39 is 0 Å². The Bertz CT molecular complexity index is 774. The largest absolute Gasteiger partial charge is 0.464 e. The van der Waals surface area contributed by atoms with E-state index in [1.165, 1.54) is 18.5 Å².